The van der Waals surface area contributed by atoms with Crippen LogP contribution in [0, 0.1) is 5.92 Å². The zero-order valence-electron chi connectivity index (χ0n) is 15.6. The Morgan fingerprint density at radius 3 is 2.46 bits per heavy atom. The van der Waals surface area contributed by atoms with Crippen molar-refractivity contribution in [2.75, 3.05) is 6.61 Å². The molecule has 1 saturated carbocycles. The van der Waals surface area contributed by atoms with Crippen molar-refractivity contribution in [1.29, 1.82) is 0 Å². The molecule has 0 heterocycles. The van der Waals surface area contributed by atoms with Crippen LogP contribution >= 0.6 is 0 Å². The van der Waals surface area contributed by atoms with Crippen molar-refractivity contribution in [3.05, 3.63) is 23.8 Å². The molecule has 0 unspecified atom stereocenters. The maximum atomic E-state index is 12.8. The molecular formula is C19H31NO3S. The van der Waals surface area contributed by atoms with Crippen LogP contribution in [0.5, 0.6) is 5.75 Å². The molecule has 2 rings (SSSR count). The summed E-state index contributed by atoms with van der Waals surface area (Å²) >= 11 is 0. The fourth-order valence-corrected chi connectivity index (χ4v) is 4.71. The minimum absolute atomic E-state index is 0.0356. The maximum Gasteiger partial charge on any atom is 0.240 e. The molecule has 0 radical (unpaired) electrons. The normalized spacial score (nSPS) is 22.4. The second kappa shape index (κ2) is 7.44. The second-order valence-electron chi connectivity index (χ2n) is 7.83. The van der Waals surface area contributed by atoms with E-state index in [1.807, 2.05) is 6.92 Å². The van der Waals surface area contributed by atoms with Crippen LogP contribution in [0.2, 0.25) is 0 Å². The molecule has 5 heteroatoms. The number of hydrogen-bond acceptors (Lipinski definition) is 3. The molecule has 1 fully saturated rings. The van der Waals surface area contributed by atoms with E-state index in [2.05, 4.69) is 32.4 Å². The van der Waals surface area contributed by atoms with Crippen LogP contribution in [-0.4, -0.2) is 21.1 Å². The third kappa shape index (κ3) is 4.51. The number of sulfonamides is 1. The van der Waals surface area contributed by atoms with Crippen LogP contribution in [0.4, 0.5) is 0 Å². The monoisotopic (exact) mass is 353 g/mol. The first-order valence-electron chi connectivity index (χ1n) is 8.95. The van der Waals surface area contributed by atoms with Crippen LogP contribution in [0.3, 0.4) is 0 Å². The van der Waals surface area contributed by atoms with Gasteiger partial charge in [-0.3, -0.25) is 0 Å². The molecule has 0 amide bonds. The molecule has 0 aromatic heterocycles. The summed E-state index contributed by atoms with van der Waals surface area (Å²) in [4.78, 5) is 0.327. The fourth-order valence-electron chi connectivity index (χ4n) is 3.30. The molecule has 0 bridgehead atoms. The zero-order chi connectivity index (χ0) is 18.0. The van der Waals surface area contributed by atoms with E-state index in [0.29, 0.717) is 17.4 Å². The molecule has 0 aliphatic heterocycles. The van der Waals surface area contributed by atoms with Crippen molar-refractivity contribution in [2.24, 2.45) is 5.92 Å². The molecule has 1 aromatic rings. The zero-order valence-corrected chi connectivity index (χ0v) is 16.4. The van der Waals surface area contributed by atoms with Crippen molar-refractivity contribution in [1.82, 2.24) is 4.72 Å². The van der Waals surface area contributed by atoms with Crippen molar-refractivity contribution >= 4 is 10.0 Å². The summed E-state index contributed by atoms with van der Waals surface area (Å²) in [5.74, 6) is 1.15. The van der Waals surface area contributed by atoms with Gasteiger partial charge < -0.3 is 4.74 Å². The van der Waals surface area contributed by atoms with Gasteiger partial charge in [-0.05, 0) is 49.3 Å². The van der Waals surface area contributed by atoms with Gasteiger partial charge in [0, 0.05) is 11.6 Å². The molecular weight excluding hydrogens is 322 g/mol. The Bertz CT molecular complexity index is 662. The van der Waals surface area contributed by atoms with Gasteiger partial charge in [0.2, 0.25) is 10.0 Å². The summed E-state index contributed by atoms with van der Waals surface area (Å²) in [6, 6.07) is 5.23. The average molecular weight is 354 g/mol. The van der Waals surface area contributed by atoms with Crippen molar-refractivity contribution in [3.63, 3.8) is 0 Å². The molecule has 1 N–H and O–H groups in total. The van der Waals surface area contributed by atoms with Crippen LogP contribution in [0.1, 0.15) is 65.9 Å². The molecule has 1 aliphatic rings. The summed E-state index contributed by atoms with van der Waals surface area (Å²) in [7, 11) is -3.51. The van der Waals surface area contributed by atoms with Crippen molar-refractivity contribution in [3.8, 4) is 5.75 Å². The first kappa shape index (κ1) is 19.3. The Morgan fingerprint density at radius 2 is 1.88 bits per heavy atom. The Labute approximate surface area is 147 Å². The molecule has 1 aromatic carbocycles. The Morgan fingerprint density at radius 1 is 1.21 bits per heavy atom. The highest BCUT2D eigenvalue weighted by Crippen LogP contribution is 2.34. The van der Waals surface area contributed by atoms with E-state index in [4.69, 9.17) is 4.74 Å². The highest BCUT2D eigenvalue weighted by Gasteiger charge is 2.28. The molecule has 1 aliphatic carbocycles. The van der Waals surface area contributed by atoms with Gasteiger partial charge in [-0.1, -0.05) is 40.5 Å². The van der Waals surface area contributed by atoms with Crippen LogP contribution < -0.4 is 9.46 Å². The number of benzene rings is 1. The van der Waals surface area contributed by atoms with E-state index in [-0.39, 0.29) is 11.5 Å². The quantitative estimate of drug-likeness (QED) is 0.861. The highest BCUT2D eigenvalue weighted by molar-refractivity contribution is 7.89. The fraction of sp³-hybridized carbons (Fsp3) is 0.684. The lowest BCUT2D eigenvalue weighted by Crippen LogP contribution is -2.41. The van der Waals surface area contributed by atoms with E-state index in [1.54, 1.807) is 18.2 Å². The van der Waals surface area contributed by atoms with Gasteiger partial charge in [-0.25, -0.2) is 13.1 Å². The number of hydrogen-bond donors (Lipinski definition) is 1. The van der Waals surface area contributed by atoms with E-state index in [1.165, 1.54) is 6.42 Å². The minimum atomic E-state index is -3.51. The van der Waals surface area contributed by atoms with E-state index in [0.717, 1.165) is 30.6 Å². The van der Waals surface area contributed by atoms with Gasteiger partial charge in [-0.15, -0.1) is 0 Å². The third-order valence-corrected chi connectivity index (χ3v) is 6.27. The third-order valence-electron chi connectivity index (χ3n) is 4.79. The van der Waals surface area contributed by atoms with E-state index >= 15 is 0 Å². The Hall–Kier alpha value is -1.07. The molecule has 4 nitrogen and oxygen atoms in total. The van der Waals surface area contributed by atoms with E-state index < -0.39 is 10.0 Å². The topological polar surface area (TPSA) is 55.4 Å². The number of nitrogens with one attached hydrogen (secondary N) is 1. The van der Waals surface area contributed by atoms with Gasteiger partial charge in [-0.2, -0.15) is 0 Å². The lowest BCUT2D eigenvalue weighted by Gasteiger charge is -2.29. The predicted molar refractivity (Wildman–Crippen MR) is 98.1 cm³/mol. The summed E-state index contributed by atoms with van der Waals surface area (Å²) < 4.78 is 34.3. The summed E-state index contributed by atoms with van der Waals surface area (Å²) in [5, 5.41) is 0. The van der Waals surface area contributed by atoms with Crippen molar-refractivity contribution < 1.29 is 13.2 Å². The molecule has 2 atom stereocenters. The first-order valence-corrected chi connectivity index (χ1v) is 10.4. The maximum absolute atomic E-state index is 12.8. The summed E-state index contributed by atoms with van der Waals surface area (Å²) in [6.45, 7) is 10.8. The molecule has 136 valence electrons. The number of ether oxygens (including phenoxy) is 1. The average Bonchev–Trinajstić information content (AvgIpc) is 2.49. The van der Waals surface area contributed by atoms with Gasteiger partial charge in [0.15, 0.2) is 0 Å². The highest BCUT2D eigenvalue weighted by atomic mass is 32.2. The van der Waals surface area contributed by atoms with Crippen LogP contribution in [0.15, 0.2) is 23.1 Å². The molecule has 0 saturated heterocycles. The SMILES string of the molecule is CCOc1ccc(S(=O)(=O)N[C@H]2CCCC[C@H]2C)cc1C(C)(C)C. The lowest BCUT2D eigenvalue weighted by molar-refractivity contribution is 0.310. The Kier molecular flexibility index (Phi) is 5.97. The van der Waals surface area contributed by atoms with Crippen molar-refractivity contribution in [2.45, 2.75) is 76.7 Å². The predicted octanol–water partition coefficient (Wildman–Crippen LogP) is 4.24. The smallest absolute Gasteiger partial charge is 0.240 e. The second-order valence-corrected chi connectivity index (χ2v) is 9.54. The Balaban J connectivity index is 2.33. The van der Waals surface area contributed by atoms with Crippen LogP contribution in [-0.2, 0) is 15.4 Å². The first-order chi connectivity index (χ1) is 11.1. The minimum Gasteiger partial charge on any atom is -0.494 e. The van der Waals surface area contributed by atoms with Crippen LogP contribution in [0.25, 0.3) is 0 Å². The van der Waals surface area contributed by atoms with Gasteiger partial charge in [0.25, 0.3) is 0 Å². The van der Waals surface area contributed by atoms with E-state index in [9.17, 15) is 8.42 Å². The molecule has 0 spiro atoms. The number of rotatable bonds is 5. The summed E-state index contributed by atoms with van der Waals surface area (Å²) in [5.41, 5.74) is 0.734. The van der Waals surface area contributed by atoms with Gasteiger partial charge >= 0.3 is 0 Å². The standard InChI is InChI=1S/C19H31NO3S/c1-6-23-18-12-11-15(13-16(18)19(3,4)5)24(21,22)20-17-10-8-7-9-14(17)2/h11-14,17,20H,6-10H2,1-5H3/t14-,17+/m1/s1. The van der Waals surface area contributed by atoms with Gasteiger partial charge in [0.1, 0.15) is 5.75 Å². The molecule has 24 heavy (non-hydrogen) atoms. The summed E-state index contributed by atoms with van der Waals surface area (Å²) in [6.07, 6.45) is 4.29. The van der Waals surface area contributed by atoms with Gasteiger partial charge in [0.05, 0.1) is 11.5 Å². The lowest BCUT2D eigenvalue weighted by atomic mass is 9.86. The largest absolute Gasteiger partial charge is 0.494 e.